The van der Waals surface area contributed by atoms with E-state index in [1.54, 1.807) is 13.8 Å². The van der Waals surface area contributed by atoms with Gasteiger partial charge in [-0.05, 0) is 31.9 Å². The van der Waals surface area contributed by atoms with E-state index in [4.69, 9.17) is 10.8 Å². The minimum Gasteiger partial charge on any atom is -0.481 e. The van der Waals surface area contributed by atoms with Gasteiger partial charge in [-0.3, -0.25) is 19.7 Å². The van der Waals surface area contributed by atoms with Crippen LogP contribution >= 0.6 is 0 Å². The number of nitrogens with two attached hydrogens (primary N) is 1. The topological polar surface area (TPSA) is 136 Å². The molecule has 0 aliphatic rings. The lowest BCUT2D eigenvalue weighted by Crippen LogP contribution is -2.36. The number of nitrogens with one attached hydrogen (secondary N) is 1. The van der Waals surface area contributed by atoms with Crippen molar-refractivity contribution in [3.63, 3.8) is 0 Å². The van der Waals surface area contributed by atoms with Gasteiger partial charge in [-0.2, -0.15) is 0 Å². The Morgan fingerprint density at radius 2 is 2.00 bits per heavy atom. The normalized spacial score (nSPS) is 11.8. The number of carboxylic acid groups (broad SMARTS) is 1. The van der Waals surface area contributed by atoms with Crippen molar-refractivity contribution in [1.29, 1.82) is 0 Å². The third-order valence-corrected chi connectivity index (χ3v) is 3.00. The van der Waals surface area contributed by atoms with Crippen LogP contribution in [0, 0.1) is 24.0 Å². The Labute approximate surface area is 121 Å². The summed E-state index contributed by atoms with van der Waals surface area (Å²) in [6.07, 6.45) is -0.182. The summed E-state index contributed by atoms with van der Waals surface area (Å²) in [5, 5.41) is 21.9. The predicted octanol–water partition coefficient (Wildman–Crippen LogP) is 1.34. The average molecular weight is 295 g/mol. The van der Waals surface area contributed by atoms with Crippen LogP contribution in [0.25, 0.3) is 0 Å². The van der Waals surface area contributed by atoms with Crippen molar-refractivity contribution in [3.8, 4) is 0 Å². The molecule has 0 heterocycles. The van der Waals surface area contributed by atoms with Gasteiger partial charge in [-0.1, -0.05) is 0 Å². The summed E-state index contributed by atoms with van der Waals surface area (Å²) in [5.41, 5.74) is 6.94. The molecule has 0 bridgehead atoms. The van der Waals surface area contributed by atoms with Crippen molar-refractivity contribution in [2.75, 3.05) is 5.32 Å². The van der Waals surface area contributed by atoms with Crippen molar-refractivity contribution < 1.29 is 19.6 Å². The number of carbonyl (C=O) groups is 2. The lowest BCUT2D eigenvalue weighted by Gasteiger charge is -2.13. The summed E-state index contributed by atoms with van der Waals surface area (Å²) < 4.78 is 0. The van der Waals surface area contributed by atoms with Crippen LogP contribution in [0.5, 0.6) is 0 Å². The second-order valence-corrected chi connectivity index (χ2v) is 4.74. The fourth-order valence-corrected chi connectivity index (χ4v) is 1.77. The fourth-order valence-electron chi connectivity index (χ4n) is 1.77. The fraction of sp³-hybridized carbons (Fsp3) is 0.385. The highest BCUT2D eigenvalue weighted by atomic mass is 16.6. The third-order valence-electron chi connectivity index (χ3n) is 3.00. The molecule has 0 saturated carbocycles. The van der Waals surface area contributed by atoms with Gasteiger partial charge in [0.25, 0.3) is 5.69 Å². The Morgan fingerprint density at radius 1 is 1.38 bits per heavy atom. The van der Waals surface area contributed by atoms with Gasteiger partial charge in [0.2, 0.25) is 5.91 Å². The second-order valence-electron chi connectivity index (χ2n) is 4.74. The van der Waals surface area contributed by atoms with Gasteiger partial charge in [-0.25, -0.2) is 0 Å². The van der Waals surface area contributed by atoms with E-state index in [2.05, 4.69) is 5.32 Å². The molecule has 1 amide bonds. The van der Waals surface area contributed by atoms with E-state index in [1.165, 1.54) is 12.1 Å². The first-order valence-corrected chi connectivity index (χ1v) is 6.26. The number of anilines is 1. The zero-order chi connectivity index (χ0) is 16.2. The highest BCUT2D eigenvalue weighted by Gasteiger charge is 2.18. The molecule has 8 heteroatoms. The number of hydrogen-bond donors (Lipinski definition) is 3. The molecule has 1 aromatic carbocycles. The molecule has 0 aliphatic heterocycles. The summed E-state index contributed by atoms with van der Waals surface area (Å²) in [4.78, 5) is 32.6. The number of rotatable bonds is 6. The van der Waals surface area contributed by atoms with E-state index in [0.717, 1.165) is 0 Å². The maximum absolute atomic E-state index is 11.8. The number of carbonyl (C=O) groups excluding carboxylic acids is 1. The van der Waals surface area contributed by atoms with Crippen LogP contribution in [0.3, 0.4) is 0 Å². The van der Waals surface area contributed by atoms with Crippen LogP contribution in [-0.2, 0) is 9.59 Å². The maximum Gasteiger partial charge on any atom is 0.303 e. The van der Waals surface area contributed by atoms with Crippen molar-refractivity contribution in [3.05, 3.63) is 33.4 Å². The molecule has 21 heavy (non-hydrogen) atoms. The highest BCUT2D eigenvalue weighted by molar-refractivity contribution is 5.95. The number of benzene rings is 1. The number of aliphatic carboxylic acids is 1. The summed E-state index contributed by atoms with van der Waals surface area (Å²) in [7, 11) is 0. The molecular formula is C13H17N3O5. The van der Waals surface area contributed by atoms with Crippen molar-refractivity contribution in [1.82, 2.24) is 0 Å². The van der Waals surface area contributed by atoms with Crippen LogP contribution in [0.2, 0.25) is 0 Å². The van der Waals surface area contributed by atoms with Crippen molar-refractivity contribution >= 4 is 23.3 Å². The van der Waals surface area contributed by atoms with Crippen molar-refractivity contribution in [2.24, 2.45) is 5.73 Å². The van der Waals surface area contributed by atoms with E-state index >= 15 is 0 Å². The lowest BCUT2D eigenvalue weighted by molar-refractivity contribution is -0.385. The number of nitrogens with zero attached hydrogens (tertiary/aromatic N) is 1. The van der Waals surface area contributed by atoms with Gasteiger partial charge in [0.15, 0.2) is 0 Å². The van der Waals surface area contributed by atoms with E-state index in [1.807, 2.05) is 0 Å². The number of nitro groups is 1. The third kappa shape index (κ3) is 4.53. The molecule has 0 aliphatic carbocycles. The summed E-state index contributed by atoms with van der Waals surface area (Å²) in [6.45, 7) is 3.20. The Kier molecular flexibility index (Phi) is 5.37. The molecule has 1 atom stereocenters. The minimum atomic E-state index is -1.03. The molecule has 0 radical (unpaired) electrons. The van der Waals surface area contributed by atoms with Crippen LogP contribution in [0.15, 0.2) is 12.1 Å². The molecule has 8 nitrogen and oxygen atoms in total. The summed E-state index contributed by atoms with van der Waals surface area (Å²) in [5.74, 6) is -1.55. The Balaban J connectivity index is 2.83. The average Bonchev–Trinajstić information content (AvgIpc) is 2.39. The van der Waals surface area contributed by atoms with E-state index < -0.39 is 22.8 Å². The molecular weight excluding hydrogens is 278 g/mol. The molecule has 114 valence electrons. The minimum absolute atomic E-state index is 0.0200. The van der Waals surface area contributed by atoms with Crippen LogP contribution in [0.4, 0.5) is 11.4 Å². The van der Waals surface area contributed by atoms with E-state index in [0.29, 0.717) is 16.8 Å². The summed E-state index contributed by atoms with van der Waals surface area (Å²) in [6, 6.07) is 1.92. The maximum atomic E-state index is 11.8. The SMILES string of the molecule is Cc1cc([N+](=O)[O-])c(C)cc1NC(=O)C(N)CCC(=O)O. The first-order chi connectivity index (χ1) is 9.72. The number of carboxylic acids is 1. The monoisotopic (exact) mass is 295 g/mol. The zero-order valence-corrected chi connectivity index (χ0v) is 11.8. The second kappa shape index (κ2) is 6.80. The molecule has 0 fully saturated rings. The molecule has 0 saturated heterocycles. The van der Waals surface area contributed by atoms with Gasteiger partial charge in [-0.15, -0.1) is 0 Å². The van der Waals surface area contributed by atoms with Crippen LogP contribution < -0.4 is 11.1 Å². The standard InChI is InChI=1S/C13H17N3O5/c1-7-6-11(16(20)21)8(2)5-10(7)15-13(19)9(14)3-4-12(17)18/h5-6,9H,3-4,14H2,1-2H3,(H,15,19)(H,17,18). The number of aryl methyl sites for hydroxylation is 2. The Hall–Kier alpha value is -2.48. The molecule has 0 aromatic heterocycles. The predicted molar refractivity (Wildman–Crippen MR) is 76.0 cm³/mol. The quantitative estimate of drug-likeness (QED) is 0.535. The first kappa shape index (κ1) is 16.6. The zero-order valence-electron chi connectivity index (χ0n) is 11.8. The smallest absolute Gasteiger partial charge is 0.303 e. The largest absolute Gasteiger partial charge is 0.481 e. The Morgan fingerprint density at radius 3 is 2.52 bits per heavy atom. The van der Waals surface area contributed by atoms with Gasteiger partial charge < -0.3 is 16.2 Å². The summed E-state index contributed by atoms with van der Waals surface area (Å²) >= 11 is 0. The number of amides is 1. The van der Waals surface area contributed by atoms with Gasteiger partial charge in [0, 0.05) is 23.7 Å². The van der Waals surface area contributed by atoms with Gasteiger partial charge >= 0.3 is 5.97 Å². The number of hydrogen-bond acceptors (Lipinski definition) is 5. The van der Waals surface area contributed by atoms with E-state index in [9.17, 15) is 19.7 Å². The van der Waals surface area contributed by atoms with Crippen LogP contribution in [-0.4, -0.2) is 27.9 Å². The Bertz CT molecular complexity index is 585. The molecule has 1 unspecified atom stereocenters. The molecule has 0 spiro atoms. The van der Waals surface area contributed by atoms with Crippen molar-refractivity contribution in [2.45, 2.75) is 32.7 Å². The number of nitro benzene ring substituents is 1. The van der Waals surface area contributed by atoms with Gasteiger partial charge in [0.05, 0.1) is 11.0 Å². The van der Waals surface area contributed by atoms with Crippen LogP contribution in [0.1, 0.15) is 24.0 Å². The molecule has 1 aromatic rings. The highest BCUT2D eigenvalue weighted by Crippen LogP contribution is 2.26. The lowest BCUT2D eigenvalue weighted by atomic mass is 10.1. The van der Waals surface area contributed by atoms with E-state index in [-0.39, 0.29) is 18.5 Å². The molecule has 1 rings (SSSR count). The molecule has 4 N–H and O–H groups in total. The first-order valence-electron chi connectivity index (χ1n) is 6.26. The van der Waals surface area contributed by atoms with Gasteiger partial charge in [0.1, 0.15) is 0 Å².